The van der Waals surface area contributed by atoms with E-state index in [1.807, 2.05) is 0 Å². The normalized spacial score (nSPS) is 26.9. The molecule has 0 aromatic heterocycles. The number of hydrogen-bond donors (Lipinski definition) is 2. The van der Waals surface area contributed by atoms with Gasteiger partial charge in [-0.25, -0.2) is 0 Å². The van der Waals surface area contributed by atoms with Crippen LogP contribution in [-0.4, -0.2) is 65.0 Å². The van der Waals surface area contributed by atoms with Gasteiger partial charge in [0.2, 0.25) is 0 Å². The first-order valence-corrected chi connectivity index (χ1v) is 6.73. The Balaban J connectivity index is 3.02. The van der Waals surface area contributed by atoms with Crippen molar-refractivity contribution in [2.45, 2.75) is 38.5 Å². The first-order chi connectivity index (χ1) is 7.67. The van der Waals surface area contributed by atoms with Crippen LogP contribution in [-0.2, 0) is 15.0 Å². The zero-order valence-corrected chi connectivity index (χ0v) is 10.9. The second kappa shape index (κ2) is 4.89. The van der Waals surface area contributed by atoms with Gasteiger partial charge < -0.3 is 10.2 Å². The Kier molecular flexibility index (Phi) is 4.13. The Bertz CT molecular complexity index is 394. The summed E-state index contributed by atoms with van der Waals surface area (Å²) in [6, 6.07) is -1.46. The van der Waals surface area contributed by atoms with Gasteiger partial charge in [0.05, 0.1) is 6.10 Å². The van der Waals surface area contributed by atoms with Crippen molar-refractivity contribution in [2.24, 2.45) is 0 Å². The fourth-order valence-electron chi connectivity index (χ4n) is 1.70. The lowest BCUT2D eigenvalue weighted by molar-refractivity contribution is -0.140. The first kappa shape index (κ1) is 14.4. The fourth-order valence-corrected chi connectivity index (χ4v) is 3.42. The molecule has 1 saturated heterocycles. The molecule has 0 aromatic rings. The van der Waals surface area contributed by atoms with Gasteiger partial charge in [0.25, 0.3) is 10.2 Å². The van der Waals surface area contributed by atoms with E-state index in [1.165, 1.54) is 7.05 Å². The standard InChI is InChI=1S/C9H18N2O5S/c1-6(2)10(3)17(15,16)11-5-7(12)4-8(11)9(13)14/h6-8,12H,4-5H2,1-3H3,(H,13,14)/t7-,8-/m1/s1. The smallest absolute Gasteiger partial charge is 0.322 e. The molecule has 8 heteroatoms. The molecular weight excluding hydrogens is 248 g/mol. The van der Waals surface area contributed by atoms with E-state index < -0.39 is 28.3 Å². The number of aliphatic carboxylic acids is 1. The quantitative estimate of drug-likeness (QED) is 0.686. The van der Waals surface area contributed by atoms with Crippen molar-refractivity contribution in [2.75, 3.05) is 13.6 Å². The van der Waals surface area contributed by atoms with Crippen LogP contribution >= 0.6 is 0 Å². The number of aliphatic hydroxyl groups excluding tert-OH is 1. The van der Waals surface area contributed by atoms with Gasteiger partial charge in [-0.15, -0.1) is 0 Å². The molecular formula is C9H18N2O5S. The number of carbonyl (C=O) groups is 1. The summed E-state index contributed by atoms with van der Waals surface area (Å²) in [6.07, 6.45) is -0.994. The number of β-amino-alcohol motifs (C(OH)–C–C–N with tert-alkyl or cyclic N) is 1. The number of hydrogen-bond acceptors (Lipinski definition) is 4. The van der Waals surface area contributed by atoms with Gasteiger partial charge in [-0.05, 0) is 13.8 Å². The Hall–Kier alpha value is -0.700. The van der Waals surface area contributed by atoms with Crippen LogP contribution in [0.25, 0.3) is 0 Å². The molecule has 0 aliphatic carbocycles. The summed E-state index contributed by atoms with van der Waals surface area (Å²) < 4.78 is 26.2. The average molecular weight is 266 g/mol. The van der Waals surface area contributed by atoms with Crippen molar-refractivity contribution >= 4 is 16.2 Å². The summed E-state index contributed by atoms with van der Waals surface area (Å²) in [5.41, 5.74) is 0. The van der Waals surface area contributed by atoms with E-state index in [1.54, 1.807) is 13.8 Å². The lowest BCUT2D eigenvalue weighted by Crippen LogP contribution is -2.49. The first-order valence-electron chi connectivity index (χ1n) is 5.33. The van der Waals surface area contributed by atoms with Gasteiger partial charge in [0, 0.05) is 26.1 Å². The average Bonchev–Trinajstić information content (AvgIpc) is 2.59. The summed E-state index contributed by atoms with van der Waals surface area (Å²) >= 11 is 0. The highest BCUT2D eigenvalue weighted by molar-refractivity contribution is 7.86. The third-order valence-electron chi connectivity index (χ3n) is 2.91. The Morgan fingerprint density at radius 3 is 2.41 bits per heavy atom. The van der Waals surface area contributed by atoms with Gasteiger partial charge in [-0.1, -0.05) is 0 Å². The topological polar surface area (TPSA) is 98.2 Å². The van der Waals surface area contributed by atoms with Crippen LogP contribution in [0.5, 0.6) is 0 Å². The number of carboxylic acids is 1. The van der Waals surface area contributed by atoms with Crippen molar-refractivity contribution in [3.8, 4) is 0 Å². The van der Waals surface area contributed by atoms with Crippen molar-refractivity contribution in [1.82, 2.24) is 8.61 Å². The maximum absolute atomic E-state index is 12.1. The molecule has 0 spiro atoms. The lowest BCUT2D eigenvalue weighted by Gasteiger charge is -2.28. The molecule has 1 aliphatic heterocycles. The molecule has 17 heavy (non-hydrogen) atoms. The number of carboxylic acid groups (broad SMARTS) is 1. The largest absolute Gasteiger partial charge is 0.480 e. The molecule has 1 fully saturated rings. The van der Waals surface area contributed by atoms with Crippen molar-refractivity contribution < 1.29 is 23.4 Å². The van der Waals surface area contributed by atoms with Gasteiger partial charge in [-0.2, -0.15) is 17.0 Å². The molecule has 1 rings (SSSR count). The summed E-state index contributed by atoms with van der Waals surface area (Å²) in [5, 5.41) is 18.4. The molecule has 0 amide bonds. The Morgan fingerprint density at radius 1 is 1.47 bits per heavy atom. The molecule has 100 valence electrons. The Morgan fingerprint density at radius 2 is 2.00 bits per heavy atom. The van der Waals surface area contributed by atoms with Gasteiger partial charge in [0.15, 0.2) is 0 Å². The van der Waals surface area contributed by atoms with Crippen molar-refractivity contribution in [1.29, 1.82) is 0 Å². The third-order valence-corrected chi connectivity index (χ3v) is 5.05. The molecule has 7 nitrogen and oxygen atoms in total. The van der Waals surface area contributed by atoms with E-state index in [2.05, 4.69) is 0 Å². The zero-order chi connectivity index (χ0) is 13.4. The maximum Gasteiger partial charge on any atom is 0.322 e. The summed E-state index contributed by atoms with van der Waals surface area (Å²) in [6.45, 7) is 3.22. The SMILES string of the molecule is CC(C)N(C)S(=O)(=O)N1C[C@H](O)C[C@@H]1C(=O)O. The second-order valence-corrected chi connectivity index (χ2v) is 6.37. The van der Waals surface area contributed by atoms with Crippen LogP contribution in [0.4, 0.5) is 0 Å². The van der Waals surface area contributed by atoms with Crippen LogP contribution in [0.3, 0.4) is 0 Å². The molecule has 0 saturated carbocycles. The number of aliphatic hydroxyl groups is 1. The van der Waals surface area contributed by atoms with Crippen LogP contribution in [0, 0.1) is 0 Å². The van der Waals surface area contributed by atoms with E-state index >= 15 is 0 Å². The number of rotatable bonds is 4. The van der Waals surface area contributed by atoms with E-state index in [0.29, 0.717) is 0 Å². The van der Waals surface area contributed by atoms with E-state index in [0.717, 1.165) is 8.61 Å². The lowest BCUT2D eigenvalue weighted by atomic mass is 10.2. The highest BCUT2D eigenvalue weighted by Gasteiger charge is 2.44. The highest BCUT2D eigenvalue weighted by atomic mass is 32.2. The van der Waals surface area contributed by atoms with Crippen molar-refractivity contribution in [3.63, 3.8) is 0 Å². The van der Waals surface area contributed by atoms with Gasteiger partial charge in [0.1, 0.15) is 6.04 Å². The van der Waals surface area contributed by atoms with E-state index in [9.17, 15) is 18.3 Å². The second-order valence-electron chi connectivity index (χ2n) is 4.43. The van der Waals surface area contributed by atoms with Crippen LogP contribution in [0.2, 0.25) is 0 Å². The number of nitrogens with zero attached hydrogens (tertiary/aromatic N) is 2. The molecule has 2 N–H and O–H groups in total. The minimum atomic E-state index is -3.84. The van der Waals surface area contributed by atoms with E-state index in [4.69, 9.17) is 5.11 Å². The van der Waals surface area contributed by atoms with Crippen LogP contribution in [0.15, 0.2) is 0 Å². The molecule has 1 heterocycles. The maximum atomic E-state index is 12.1. The van der Waals surface area contributed by atoms with Gasteiger partial charge in [-0.3, -0.25) is 4.79 Å². The molecule has 0 aromatic carbocycles. The predicted molar refractivity (Wildman–Crippen MR) is 60.6 cm³/mol. The molecule has 0 radical (unpaired) electrons. The summed E-state index contributed by atoms with van der Waals surface area (Å²) in [7, 11) is -2.45. The summed E-state index contributed by atoms with van der Waals surface area (Å²) in [5.74, 6) is -1.23. The van der Waals surface area contributed by atoms with Crippen molar-refractivity contribution in [3.05, 3.63) is 0 Å². The monoisotopic (exact) mass is 266 g/mol. The van der Waals surface area contributed by atoms with Gasteiger partial charge >= 0.3 is 5.97 Å². The molecule has 0 bridgehead atoms. The third kappa shape index (κ3) is 2.76. The molecule has 0 unspecified atom stereocenters. The van der Waals surface area contributed by atoms with E-state index in [-0.39, 0.29) is 19.0 Å². The minimum Gasteiger partial charge on any atom is -0.480 e. The van der Waals surface area contributed by atoms with Crippen LogP contribution < -0.4 is 0 Å². The zero-order valence-electron chi connectivity index (χ0n) is 10.1. The van der Waals surface area contributed by atoms with Crippen LogP contribution in [0.1, 0.15) is 20.3 Å². The highest BCUT2D eigenvalue weighted by Crippen LogP contribution is 2.24. The fraction of sp³-hybridized carbons (Fsp3) is 0.889. The minimum absolute atomic E-state index is 0.0689. The molecule has 1 aliphatic rings. The predicted octanol–water partition coefficient (Wildman–Crippen LogP) is -0.909. The molecule has 2 atom stereocenters. The summed E-state index contributed by atoms with van der Waals surface area (Å²) in [4.78, 5) is 11.0. The Labute approximate surface area is 101 Å².